The van der Waals surface area contributed by atoms with Gasteiger partial charge in [-0.25, -0.2) is 0 Å². The smallest absolute Gasteiger partial charge is 0.284 e. The van der Waals surface area contributed by atoms with Crippen LogP contribution >= 0.6 is 0 Å². The third kappa shape index (κ3) is 3.15. The van der Waals surface area contributed by atoms with E-state index in [2.05, 4.69) is 0 Å². The molecule has 0 unspecified atom stereocenters. The largest absolute Gasteiger partial charge is 0.369 e. The monoisotopic (exact) mass is 426 g/mol. The Hall–Kier alpha value is -4.93. The van der Waals surface area contributed by atoms with Gasteiger partial charge in [0, 0.05) is 42.9 Å². The molecule has 3 rings (SSSR count). The van der Waals surface area contributed by atoms with Gasteiger partial charge in [0.05, 0.1) is 43.0 Å². The fourth-order valence-corrected chi connectivity index (χ4v) is 3.42. The predicted molar refractivity (Wildman–Crippen MR) is 104 cm³/mol. The molecule has 156 valence electrons. The van der Waals surface area contributed by atoms with Crippen molar-refractivity contribution in [1.82, 2.24) is 4.90 Å². The van der Waals surface area contributed by atoms with Crippen LogP contribution in [0.25, 0.3) is 16.7 Å². The Morgan fingerprint density at radius 3 is 1.42 bits per heavy atom. The number of benzene rings is 2. The van der Waals surface area contributed by atoms with Crippen LogP contribution in [0.4, 0.5) is 22.7 Å². The topological polar surface area (TPSA) is 200 Å². The number of allylic oxidation sites excluding steroid dienone is 1. The molecule has 14 heteroatoms. The number of hydrogen-bond acceptors (Lipinski definition) is 10. The molecule has 0 heterocycles. The third-order valence-corrected chi connectivity index (χ3v) is 4.60. The standard InChI is InChI=1S/C17H10N6O8/c1-19(2)14(7-18)15-10-3-8(20(24)25)5-12(22(28)29)16(10)17-11(15)4-9(21(26)27)6-13(17)23(30)31/h3-6H,1-2H3. The number of hydrogen-bond donors (Lipinski definition) is 0. The number of rotatable bonds is 5. The van der Waals surface area contributed by atoms with Crippen molar-refractivity contribution in [3.63, 3.8) is 0 Å². The molecule has 14 nitrogen and oxygen atoms in total. The Labute approximate surface area is 171 Å². The first-order chi connectivity index (χ1) is 14.5. The molecule has 0 spiro atoms. The fourth-order valence-electron chi connectivity index (χ4n) is 3.42. The van der Waals surface area contributed by atoms with Gasteiger partial charge in [0.2, 0.25) is 0 Å². The molecule has 0 radical (unpaired) electrons. The lowest BCUT2D eigenvalue weighted by molar-refractivity contribution is -0.395. The van der Waals surface area contributed by atoms with E-state index in [0.29, 0.717) is 12.1 Å². The van der Waals surface area contributed by atoms with Crippen LogP contribution in [0, 0.1) is 51.8 Å². The first-order valence-electron chi connectivity index (χ1n) is 8.26. The van der Waals surface area contributed by atoms with E-state index in [1.54, 1.807) is 0 Å². The van der Waals surface area contributed by atoms with Gasteiger partial charge in [-0.15, -0.1) is 0 Å². The van der Waals surface area contributed by atoms with Crippen molar-refractivity contribution in [2.24, 2.45) is 0 Å². The predicted octanol–water partition coefficient (Wildman–Crippen LogP) is 3.14. The summed E-state index contributed by atoms with van der Waals surface area (Å²) in [6.45, 7) is 0. The lowest BCUT2D eigenvalue weighted by atomic mass is 10.00. The second kappa shape index (κ2) is 7.15. The van der Waals surface area contributed by atoms with E-state index in [9.17, 15) is 45.7 Å². The maximum Gasteiger partial charge on any atom is 0.284 e. The molecule has 0 bridgehead atoms. The average Bonchev–Trinajstić information content (AvgIpc) is 3.00. The Morgan fingerprint density at radius 1 is 0.774 bits per heavy atom. The third-order valence-electron chi connectivity index (χ3n) is 4.60. The van der Waals surface area contributed by atoms with E-state index in [1.807, 2.05) is 6.07 Å². The first kappa shape index (κ1) is 20.8. The average molecular weight is 426 g/mol. The molecule has 0 amide bonds. The number of nitriles is 1. The number of nitro benzene ring substituents is 4. The zero-order valence-corrected chi connectivity index (χ0v) is 15.8. The molecule has 0 fully saturated rings. The van der Waals surface area contributed by atoms with Gasteiger partial charge in [-0.2, -0.15) is 5.26 Å². The summed E-state index contributed by atoms with van der Waals surface area (Å²) >= 11 is 0. The maximum atomic E-state index is 11.7. The van der Waals surface area contributed by atoms with Crippen molar-refractivity contribution in [1.29, 1.82) is 5.26 Å². The number of non-ortho nitro benzene ring substituents is 2. The highest BCUT2D eigenvalue weighted by molar-refractivity contribution is 6.09. The van der Waals surface area contributed by atoms with Crippen LogP contribution in [0.1, 0.15) is 11.1 Å². The van der Waals surface area contributed by atoms with E-state index >= 15 is 0 Å². The van der Waals surface area contributed by atoms with E-state index in [1.165, 1.54) is 19.0 Å². The van der Waals surface area contributed by atoms with Gasteiger partial charge in [0.15, 0.2) is 0 Å². The van der Waals surface area contributed by atoms with Gasteiger partial charge in [-0.3, -0.25) is 40.5 Å². The van der Waals surface area contributed by atoms with E-state index in [4.69, 9.17) is 0 Å². The van der Waals surface area contributed by atoms with Gasteiger partial charge in [0.1, 0.15) is 11.8 Å². The number of nitrogens with zero attached hydrogens (tertiary/aromatic N) is 6. The van der Waals surface area contributed by atoms with Crippen LogP contribution in [0.15, 0.2) is 30.0 Å². The minimum absolute atomic E-state index is 0.115. The van der Waals surface area contributed by atoms with Crippen molar-refractivity contribution in [3.8, 4) is 17.2 Å². The molecular weight excluding hydrogens is 416 g/mol. The highest BCUT2D eigenvalue weighted by atomic mass is 16.6. The SMILES string of the molecule is CN(C)C(C#N)=C1c2cc([N+](=O)[O-])cc([N+](=O)[O-])c2-c2c1cc([N+](=O)[O-])cc2[N+](=O)[O-]. The molecule has 2 aromatic rings. The summed E-state index contributed by atoms with van der Waals surface area (Å²) in [5, 5.41) is 55.7. The number of fused-ring (bicyclic) bond motifs is 3. The summed E-state index contributed by atoms with van der Waals surface area (Å²) < 4.78 is 0. The van der Waals surface area contributed by atoms with Gasteiger partial charge >= 0.3 is 0 Å². The van der Waals surface area contributed by atoms with Gasteiger partial charge in [0.25, 0.3) is 22.7 Å². The summed E-state index contributed by atoms with van der Waals surface area (Å²) in [6, 6.07) is 5.05. The zero-order chi connectivity index (χ0) is 23.2. The van der Waals surface area contributed by atoms with Crippen molar-refractivity contribution < 1.29 is 19.7 Å². The molecule has 1 aliphatic rings. The Bertz CT molecular complexity index is 1210. The number of nitro groups is 4. The molecule has 0 aliphatic heterocycles. The second-order valence-corrected chi connectivity index (χ2v) is 6.53. The minimum Gasteiger partial charge on any atom is -0.369 e. The van der Waals surface area contributed by atoms with Crippen molar-refractivity contribution >= 4 is 28.3 Å². The van der Waals surface area contributed by atoms with Gasteiger partial charge in [-0.05, 0) is 0 Å². The summed E-state index contributed by atoms with van der Waals surface area (Å²) in [5.41, 5.74) is -4.21. The van der Waals surface area contributed by atoms with Crippen molar-refractivity contribution in [3.05, 3.63) is 81.5 Å². The Morgan fingerprint density at radius 2 is 1.16 bits per heavy atom. The quantitative estimate of drug-likeness (QED) is 0.331. The lowest BCUT2D eigenvalue weighted by Gasteiger charge is -2.14. The normalized spacial score (nSPS) is 11.2. The molecule has 31 heavy (non-hydrogen) atoms. The molecule has 0 saturated carbocycles. The fraction of sp³-hybridized carbons (Fsp3) is 0.118. The first-order valence-corrected chi connectivity index (χ1v) is 8.26. The lowest BCUT2D eigenvalue weighted by Crippen LogP contribution is -2.12. The molecule has 1 aliphatic carbocycles. The second-order valence-electron chi connectivity index (χ2n) is 6.53. The van der Waals surface area contributed by atoms with Gasteiger partial charge < -0.3 is 4.90 Å². The molecule has 0 atom stereocenters. The van der Waals surface area contributed by atoms with E-state index in [-0.39, 0.29) is 33.5 Å². The molecule has 0 aromatic heterocycles. The van der Waals surface area contributed by atoms with Crippen LogP contribution in [0.3, 0.4) is 0 Å². The summed E-state index contributed by atoms with van der Waals surface area (Å²) in [5.74, 6) is 0. The highest BCUT2D eigenvalue weighted by Crippen LogP contribution is 2.55. The van der Waals surface area contributed by atoms with Crippen molar-refractivity contribution in [2.75, 3.05) is 14.1 Å². The zero-order valence-electron chi connectivity index (χ0n) is 15.8. The Kier molecular flexibility index (Phi) is 4.80. The van der Waals surface area contributed by atoms with Crippen molar-refractivity contribution in [2.45, 2.75) is 0 Å². The van der Waals surface area contributed by atoms with Gasteiger partial charge in [-0.1, -0.05) is 0 Å². The van der Waals surface area contributed by atoms with Crippen LogP contribution in [-0.2, 0) is 0 Å². The van der Waals surface area contributed by atoms with E-state index < -0.39 is 42.4 Å². The maximum absolute atomic E-state index is 11.7. The Balaban J connectivity index is 2.67. The summed E-state index contributed by atoms with van der Waals surface area (Å²) in [6.07, 6.45) is 0. The minimum atomic E-state index is -0.939. The molecule has 0 saturated heterocycles. The summed E-state index contributed by atoms with van der Waals surface area (Å²) in [4.78, 5) is 43.7. The molecular formula is C17H10N6O8. The van der Waals surface area contributed by atoms with E-state index in [0.717, 1.165) is 12.1 Å². The highest BCUT2D eigenvalue weighted by Gasteiger charge is 2.41. The van der Waals surface area contributed by atoms with Crippen LogP contribution in [0.5, 0.6) is 0 Å². The summed E-state index contributed by atoms with van der Waals surface area (Å²) in [7, 11) is 2.89. The van der Waals surface area contributed by atoms with Crippen LogP contribution < -0.4 is 0 Å². The molecule has 2 aromatic carbocycles. The molecule has 0 N–H and O–H groups in total. The van der Waals surface area contributed by atoms with Crippen LogP contribution in [-0.4, -0.2) is 38.7 Å². The van der Waals surface area contributed by atoms with Crippen LogP contribution in [0.2, 0.25) is 0 Å².